The molecule has 0 atom stereocenters. The van der Waals surface area contributed by atoms with Crippen molar-refractivity contribution in [2.45, 2.75) is 37.8 Å². The number of carbonyl (C=O) groups excluding carboxylic acids is 1. The SMILES string of the molecule is COc1ccc2c(c1)CN(C(=O)c1ccc(OC)c(S(=O)(=O)NC(C)C)c1)CC2. The summed E-state index contributed by atoms with van der Waals surface area (Å²) in [5.41, 5.74) is 2.53. The number of rotatable bonds is 6. The smallest absolute Gasteiger partial charge is 0.254 e. The van der Waals surface area contributed by atoms with E-state index in [2.05, 4.69) is 4.72 Å². The van der Waals surface area contributed by atoms with Crippen LogP contribution in [0.2, 0.25) is 0 Å². The van der Waals surface area contributed by atoms with Crippen molar-refractivity contribution in [2.75, 3.05) is 20.8 Å². The van der Waals surface area contributed by atoms with Crippen LogP contribution in [0.25, 0.3) is 0 Å². The maximum Gasteiger partial charge on any atom is 0.254 e. The van der Waals surface area contributed by atoms with Gasteiger partial charge in [0.2, 0.25) is 10.0 Å². The minimum Gasteiger partial charge on any atom is -0.497 e. The molecule has 0 saturated carbocycles. The fraction of sp³-hybridized carbons (Fsp3) is 0.381. The molecule has 0 aliphatic carbocycles. The predicted octanol–water partition coefficient (Wildman–Crippen LogP) is 2.59. The van der Waals surface area contributed by atoms with Crippen LogP contribution in [0.3, 0.4) is 0 Å². The zero-order chi connectivity index (χ0) is 21.2. The molecule has 1 aliphatic rings. The van der Waals surface area contributed by atoms with Crippen LogP contribution in [0.5, 0.6) is 11.5 Å². The third-order valence-electron chi connectivity index (χ3n) is 4.80. The molecule has 0 aromatic heterocycles. The molecule has 0 bridgehead atoms. The molecule has 1 heterocycles. The van der Waals surface area contributed by atoms with Crippen LogP contribution in [0.15, 0.2) is 41.3 Å². The molecule has 1 aliphatic heterocycles. The fourth-order valence-electron chi connectivity index (χ4n) is 3.41. The quantitative estimate of drug-likeness (QED) is 0.779. The Bertz CT molecular complexity index is 1020. The van der Waals surface area contributed by atoms with E-state index in [9.17, 15) is 13.2 Å². The Kier molecular flexibility index (Phi) is 6.14. The summed E-state index contributed by atoms with van der Waals surface area (Å²) in [6.45, 7) is 4.48. The lowest BCUT2D eigenvalue weighted by Crippen LogP contribution is -2.36. The van der Waals surface area contributed by atoms with E-state index >= 15 is 0 Å². The van der Waals surface area contributed by atoms with Gasteiger partial charge in [0.05, 0.1) is 14.2 Å². The minimum absolute atomic E-state index is 0.0429. The summed E-state index contributed by atoms with van der Waals surface area (Å²) in [7, 11) is -0.797. The van der Waals surface area contributed by atoms with E-state index in [0.29, 0.717) is 18.7 Å². The average molecular weight is 419 g/mol. The molecule has 29 heavy (non-hydrogen) atoms. The predicted molar refractivity (Wildman–Crippen MR) is 110 cm³/mol. The van der Waals surface area contributed by atoms with Gasteiger partial charge in [0, 0.05) is 24.7 Å². The molecule has 1 amide bonds. The molecule has 2 aromatic rings. The van der Waals surface area contributed by atoms with Crippen LogP contribution in [-0.4, -0.2) is 46.0 Å². The van der Waals surface area contributed by atoms with Gasteiger partial charge in [-0.05, 0) is 61.7 Å². The summed E-state index contributed by atoms with van der Waals surface area (Å²) in [5, 5.41) is 0. The second-order valence-electron chi connectivity index (χ2n) is 7.25. The maximum absolute atomic E-state index is 13.1. The van der Waals surface area contributed by atoms with Crippen molar-refractivity contribution in [2.24, 2.45) is 0 Å². The standard InChI is InChI=1S/C21H26N2O5S/c1-14(2)22-29(25,26)20-12-16(6-8-19(20)28-4)21(24)23-10-9-15-5-7-18(27-3)11-17(15)13-23/h5-8,11-12,14,22H,9-10,13H2,1-4H3. The fourth-order valence-corrected chi connectivity index (χ4v) is 4.86. The summed E-state index contributed by atoms with van der Waals surface area (Å²) >= 11 is 0. The van der Waals surface area contributed by atoms with E-state index in [4.69, 9.17) is 9.47 Å². The van der Waals surface area contributed by atoms with Crippen molar-refractivity contribution in [3.63, 3.8) is 0 Å². The Morgan fingerprint density at radius 2 is 1.83 bits per heavy atom. The van der Waals surface area contributed by atoms with E-state index in [1.165, 1.54) is 24.8 Å². The summed E-state index contributed by atoms with van der Waals surface area (Å²) in [6, 6.07) is 10.1. The van der Waals surface area contributed by atoms with Gasteiger partial charge < -0.3 is 14.4 Å². The Morgan fingerprint density at radius 3 is 2.48 bits per heavy atom. The van der Waals surface area contributed by atoms with Gasteiger partial charge in [-0.15, -0.1) is 0 Å². The highest BCUT2D eigenvalue weighted by Crippen LogP contribution is 2.28. The molecule has 0 spiro atoms. The van der Waals surface area contributed by atoms with Crippen molar-refractivity contribution in [3.05, 3.63) is 53.1 Å². The normalized spacial score (nSPS) is 13.9. The van der Waals surface area contributed by atoms with Gasteiger partial charge in [-0.1, -0.05) is 6.07 Å². The molecule has 1 N–H and O–H groups in total. The number of ether oxygens (including phenoxy) is 2. The lowest BCUT2D eigenvalue weighted by Gasteiger charge is -2.29. The van der Waals surface area contributed by atoms with Gasteiger partial charge in [-0.2, -0.15) is 0 Å². The van der Waals surface area contributed by atoms with E-state index in [1.807, 2.05) is 18.2 Å². The Morgan fingerprint density at radius 1 is 1.07 bits per heavy atom. The average Bonchev–Trinajstić information content (AvgIpc) is 2.70. The molecule has 0 unspecified atom stereocenters. The van der Waals surface area contributed by atoms with Crippen LogP contribution < -0.4 is 14.2 Å². The van der Waals surface area contributed by atoms with Crippen molar-refractivity contribution in [1.82, 2.24) is 9.62 Å². The van der Waals surface area contributed by atoms with Gasteiger partial charge in [0.25, 0.3) is 5.91 Å². The number of carbonyl (C=O) groups is 1. The van der Waals surface area contributed by atoms with Gasteiger partial charge in [0.15, 0.2) is 0 Å². The van der Waals surface area contributed by atoms with E-state index < -0.39 is 10.0 Å². The molecule has 156 valence electrons. The van der Waals surface area contributed by atoms with Crippen molar-refractivity contribution in [3.8, 4) is 11.5 Å². The van der Waals surface area contributed by atoms with E-state index in [0.717, 1.165) is 17.7 Å². The Balaban J connectivity index is 1.91. The lowest BCUT2D eigenvalue weighted by molar-refractivity contribution is 0.0734. The lowest BCUT2D eigenvalue weighted by atomic mass is 9.99. The third-order valence-corrected chi connectivity index (χ3v) is 6.48. The van der Waals surface area contributed by atoms with E-state index in [-0.39, 0.29) is 22.6 Å². The zero-order valence-electron chi connectivity index (χ0n) is 17.1. The molecule has 0 fully saturated rings. The molecular weight excluding hydrogens is 392 g/mol. The first kappa shape index (κ1) is 21.1. The number of nitrogens with one attached hydrogen (secondary N) is 1. The number of nitrogens with zero attached hydrogens (tertiary/aromatic N) is 1. The van der Waals surface area contributed by atoms with Gasteiger partial charge >= 0.3 is 0 Å². The second kappa shape index (κ2) is 8.42. The number of sulfonamides is 1. The molecular formula is C21H26N2O5S. The molecule has 0 radical (unpaired) electrons. The summed E-state index contributed by atoms with van der Waals surface area (Å²) in [4.78, 5) is 14.8. The van der Waals surface area contributed by atoms with Gasteiger partial charge in [-0.25, -0.2) is 13.1 Å². The summed E-state index contributed by atoms with van der Waals surface area (Å²) < 4.78 is 38.4. The number of methoxy groups -OCH3 is 2. The second-order valence-corrected chi connectivity index (χ2v) is 8.94. The van der Waals surface area contributed by atoms with Gasteiger partial charge in [-0.3, -0.25) is 4.79 Å². The highest BCUT2D eigenvalue weighted by Gasteiger charge is 2.26. The molecule has 7 nitrogen and oxygen atoms in total. The Labute approximate surface area is 171 Å². The van der Waals surface area contributed by atoms with Crippen molar-refractivity contribution >= 4 is 15.9 Å². The molecule has 8 heteroatoms. The van der Waals surface area contributed by atoms with Crippen LogP contribution in [0.4, 0.5) is 0 Å². The number of fused-ring (bicyclic) bond motifs is 1. The number of benzene rings is 2. The maximum atomic E-state index is 13.1. The number of hydrogen-bond donors (Lipinski definition) is 1. The van der Waals surface area contributed by atoms with Crippen LogP contribution >= 0.6 is 0 Å². The summed E-state index contributed by atoms with van der Waals surface area (Å²) in [6.07, 6.45) is 0.737. The van der Waals surface area contributed by atoms with Crippen LogP contribution in [-0.2, 0) is 23.0 Å². The first-order valence-corrected chi connectivity index (χ1v) is 10.9. The molecule has 2 aromatic carbocycles. The minimum atomic E-state index is -3.81. The third kappa shape index (κ3) is 4.54. The summed E-state index contributed by atoms with van der Waals surface area (Å²) in [5.74, 6) is 0.723. The first-order valence-electron chi connectivity index (χ1n) is 9.40. The number of amides is 1. The largest absolute Gasteiger partial charge is 0.497 e. The van der Waals surface area contributed by atoms with Crippen LogP contribution in [0, 0.1) is 0 Å². The topological polar surface area (TPSA) is 84.9 Å². The van der Waals surface area contributed by atoms with Gasteiger partial charge in [0.1, 0.15) is 16.4 Å². The number of hydrogen-bond acceptors (Lipinski definition) is 5. The first-order chi connectivity index (χ1) is 13.7. The zero-order valence-corrected chi connectivity index (χ0v) is 17.9. The van der Waals surface area contributed by atoms with Crippen LogP contribution in [0.1, 0.15) is 35.3 Å². The molecule has 0 saturated heterocycles. The van der Waals surface area contributed by atoms with E-state index in [1.54, 1.807) is 31.9 Å². The Hall–Kier alpha value is -2.58. The molecule has 3 rings (SSSR count). The monoisotopic (exact) mass is 418 g/mol. The highest BCUT2D eigenvalue weighted by atomic mass is 32.2. The van der Waals surface area contributed by atoms with Crippen molar-refractivity contribution in [1.29, 1.82) is 0 Å². The highest BCUT2D eigenvalue weighted by molar-refractivity contribution is 7.89. The van der Waals surface area contributed by atoms with Crippen molar-refractivity contribution < 1.29 is 22.7 Å².